The van der Waals surface area contributed by atoms with E-state index in [0.717, 1.165) is 0 Å². The third kappa shape index (κ3) is 4.27. The van der Waals surface area contributed by atoms with Gasteiger partial charge in [0, 0.05) is 12.2 Å². The third-order valence-electron chi connectivity index (χ3n) is 2.05. The molecule has 0 radical (unpaired) electrons. The monoisotopic (exact) mass is 227 g/mol. The normalized spacial score (nSPS) is 14.2. The molecule has 0 aromatic heterocycles. The van der Waals surface area contributed by atoms with Crippen molar-refractivity contribution >= 4 is 11.7 Å². The molecule has 4 nitrogen and oxygen atoms in total. The zero-order valence-corrected chi connectivity index (χ0v) is 8.90. The van der Waals surface area contributed by atoms with Crippen molar-refractivity contribution in [1.29, 1.82) is 0 Å². The Balaban J connectivity index is 2.50. The lowest BCUT2D eigenvalue weighted by Gasteiger charge is -2.22. The number of aliphatic carboxylic acids is 1. The lowest BCUT2D eigenvalue weighted by molar-refractivity contribution is -0.141. The molecule has 1 aromatic carbocycles. The van der Waals surface area contributed by atoms with E-state index in [-0.39, 0.29) is 18.8 Å². The van der Waals surface area contributed by atoms with E-state index in [0.29, 0.717) is 5.69 Å². The molecule has 1 atom stereocenters. The van der Waals surface area contributed by atoms with Crippen LogP contribution in [0.4, 0.5) is 10.1 Å². The number of carbonyl (C=O) groups is 1. The summed E-state index contributed by atoms with van der Waals surface area (Å²) in [5, 5.41) is 21.1. The lowest BCUT2D eigenvalue weighted by Crippen LogP contribution is -2.35. The summed E-state index contributed by atoms with van der Waals surface area (Å²) < 4.78 is 12.6. The summed E-state index contributed by atoms with van der Waals surface area (Å²) in [7, 11) is 0. The summed E-state index contributed by atoms with van der Waals surface area (Å²) in [6, 6.07) is 5.61. The van der Waals surface area contributed by atoms with E-state index in [9.17, 15) is 14.3 Å². The number of rotatable bonds is 5. The molecule has 88 valence electrons. The highest BCUT2D eigenvalue weighted by molar-refractivity contribution is 5.68. The Morgan fingerprint density at radius 1 is 1.44 bits per heavy atom. The van der Waals surface area contributed by atoms with E-state index in [1.54, 1.807) is 0 Å². The van der Waals surface area contributed by atoms with Crippen LogP contribution >= 0.6 is 0 Å². The summed E-state index contributed by atoms with van der Waals surface area (Å²) in [6.07, 6.45) is -0.346. The number of carboxylic acid groups (broad SMARTS) is 1. The van der Waals surface area contributed by atoms with Crippen molar-refractivity contribution in [3.05, 3.63) is 30.1 Å². The van der Waals surface area contributed by atoms with Crippen molar-refractivity contribution in [2.24, 2.45) is 0 Å². The summed E-state index contributed by atoms with van der Waals surface area (Å²) in [4.78, 5) is 10.4. The van der Waals surface area contributed by atoms with E-state index in [2.05, 4.69) is 5.32 Å². The van der Waals surface area contributed by atoms with Crippen molar-refractivity contribution in [2.45, 2.75) is 18.9 Å². The van der Waals surface area contributed by atoms with Gasteiger partial charge in [-0.15, -0.1) is 0 Å². The molecule has 16 heavy (non-hydrogen) atoms. The molecule has 1 aromatic rings. The van der Waals surface area contributed by atoms with Gasteiger partial charge in [0.1, 0.15) is 5.82 Å². The Morgan fingerprint density at radius 2 is 2.00 bits per heavy atom. The fourth-order valence-corrected chi connectivity index (χ4v) is 1.25. The molecule has 1 unspecified atom stereocenters. The molecule has 1 rings (SSSR count). The second-order valence-corrected chi connectivity index (χ2v) is 3.93. The molecule has 0 aliphatic carbocycles. The van der Waals surface area contributed by atoms with Gasteiger partial charge in [-0.1, -0.05) is 0 Å². The highest BCUT2D eigenvalue weighted by Gasteiger charge is 2.23. The molecule has 0 heterocycles. The van der Waals surface area contributed by atoms with Crippen LogP contribution < -0.4 is 5.32 Å². The predicted octanol–water partition coefficient (Wildman–Crippen LogP) is 1.46. The minimum Gasteiger partial charge on any atom is -0.481 e. The van der Waals surface area contributed by atoms with Gasteiger partial charge in [-0.3, -0.25) is 4.79 Å². The summed E-state index contributed by atoms with van der Waals surface area (Å²) >= 11 is 0. The predicted molar refractivity (Wildman–Crippen MR) is 57.8 cm³/mol. The third-order valence-corrected chi connectivity index (χ3v) is 2.05. The Hall–Kier alpha value is -1.62. The fourth-order valence-electron chi connectivity index (χ4n) is 1.25. The summed E-state index contributed by atoms with van der Waals surface area (Å²) in [5.74, 6) is -1.41. The highest BCUT2D eigenvalue weighted by atomic mass is 19.1. The topological polar surface area (TPSA) is 69.6 Å². The van der Waals surface area contributed by atoms with Crippen LogP contribution in [0.25, 0.3) is 0 Å². The number of hydrogen-bond donors (Lipinski definition) is 3. The van der Waals surface area contributed by atoms with Gasteiger partial charge in [-0.05, 0) is 31.2 Å². The first-order chi connectivity index (χ1) is 7.39. The quantitative estimate of drug-likeness (QED) is 0.712. The number of anilines is 1. The smallest absolute Gasteiger partial charge is 0.306 e. The highest BCUT2D eigenvalue weighted by Crippen LogP contribution is 2.13. The van der Waals surface area contributed by atoms with Crippen LogP contribution in [0, 0.1) is 5.82 Å². The fraction of sp³-hybridized carbons (Fsp3) is 0.364. The van der Waals surface area contributed by atoms with E-state index in [4.69, 9.17) is 5.11 Å². The van der Waals surface area contributed by atoms with Gasteiger partial charge in [0.05, 0.1) is 12.0 Å². The molecule has 3 N–H and O–H groups in total. The first-order valence-corrected chi connectivity index (χ1v) is 4.83. The van der Waals surface area contributed by atoms with Gasteiger partial charge >= 0.3 is 5.97 Å². The van der Waals surface area contributed by atoms with Crippen LogP contribution in [0.1, 0.15) is 13.3 Å². The van der Waals surface area contributed by atoms with Crippen molar-refractivity contribution in [1.82, 2.24) is 0 Å². The Bertz CT molecular complexity index is 362. The van der Waals surface area contributed by atoms with Gasteiger partial charge in [0.25, 0.3) is 0 Å². The molecule has 0 spiro atoms. The molecule has 0 aliphatic rings. The molecule has 5 heteroatoms. The summed E-state index contributed by atoms with van der Waals surface area (Å²) in [5.41, 5.74) is -0.702. The van der Waals surface area contributed by atoms with Crippen LogP contribution in [0.5, 0.6) is 0 Å². The molecule has 0 amide bonds. The minimum absolute atomic E-state index is 0.0882. The first-order valence-electron chi connectivity index (χ1n) is 4.83. The summed E-state index contributed by atoms with van der Waals surface area (Å²) in [6.45, 7) is 1.52. The number of halogens is 1. The molecule has 0 saturated carbocycles. The van der Waals surface area contributed by atoms with Crippen LogP contribution in [0.3, 0.4) is 0 Å². The van der Waals surface area contributed by atoms with Crippen LogP contribution in [0.15, 0.2) is 24.3 Å². The Labute approximate surface area is 92.7 Å². The number of carboxylic acids is 1. The van der Waals surface area contributed by atoms with Gasteiger partial charge in [0.15, 0.2) is 0 Å². The van der Waals surface area contributed by atoms with Crippen molar-refractivity contribution in [3.8, 4) is 0 Å². The SMILES string of the molecule is CC(O)(CNc1ccc(F)cc1)CC(=O)O. The minimum atomic E-state index is -1.33. The zero-order valence-electron chi connectivity index (χ0n) is 8.90. The molecule has 0 fully saturated rings. The van der Waals surface area contributed by atoms with Crippen LogP contribution in [0.2, 0.25) is 0 Å². The van der Waals surface area contributed by atoms with Gasteiger partial charge in [-0.2, -0.15) is 0 Å². The molecule has 0 aliphatic heterocycles. The van der Waals surface area contributed by atoms with Gasteiger partial charge in [-0.25, -0.2) is 4.39 Å². The van der Waals surface area contributed by atoms with E-state index in [1.807, 2.05) is 0 Å². The van der Waals surface area contributed by atoms with Crippen LogP contribution in [-0.2, 0) is 4.79 Å². The van der Waals surface area contributed by atoms with E-state index in [1.165, 1.54) is 31.2 Å². The van der Waals surface area contributed by atoms with E-state index >= 15 is 0 Å². The number of aliphatic hydroxyl groups is 1. The van der Waals surface area contributed by atoms with Gasteiger partial charge in [0.2, 0.25) is 0 Å². The maximum absolute atomic E-state index is 12.6. The van der Waals surface area contributed by atoms with E-state index < -0.39 is 11.6 Å². The molecular weight excluding hydrogens is 213 g/mol. The maximum Gasteiger partial charge on any atom is 0.306 e. The largest absolute Gasteiger partial charge is 0.481 e. The zero-order chi connectivity index (χ0) is 12.2. The van der Waals surface area contributed by atoms with Gasteiger partial charge < -0.3 is 15.5 Å². The van der Waals surface area contributed by atoms with Crippen molar-refractivity contribution in [2.75, 3.05) is 11.9 Å². The van der Waals surface area contributed by atoms with Crippen molar-refractivity contribution in [3.63, 3.8) is 0 Å². The van der Waals surface area contributed by atoms with Crippen LogP contribution in [-0.4, -0.2) is 28.3 Å². The number of benzene rings is 1. The first kappa shape index (κ1) is 12.4. The average molecular weight is 227 g/mol. The second kappa shape index (κ2) is 4.94. The number of nitrogens with one attached hydrogen (secondary N) is 1. The number of hydrogen-bond acceptors (Lipinski definition) is 3. The molecule has 0 saturated heterocycles. The average Bonchev–Trinajstić information content (AvgIpc) is 2.15. The Morgan fingerprint density at radius 3 is 2.50 bits per heavy atom. The molecule has 0 bridgehead atoms. The maximum atomic E-state index is 12.6. The molecular formula is C11H14FNO3. The second-order valence-electron chi connectivity index (χ2n) is 3.93. The standard InChI is InChI=1S/C11H14FNO3/c1-11(16,6-10(14)15)7-13-9-4-2-8(12)3-5-9/h2-5,13,16H,6-7H2,1H3,(H,14,15). The van der Waals surface area contributed by atoms with Crippen molar-refractivity contribution < 1.29 is 19.4 Å². The lowest BCUT2D eigenvalue weighted by atomic mass is 10.0. The Kier molecular flexibility index (Phi) is 3.84.